The number of anilines is 1. The van der Waals surface area contributed by atoms with E-state index in [9.17, 15) is 24.3 Å². The molecule has 2 saturated heterocycles. The number of likely N-dealkylation sites (tertiary alicyclic amines) is 1. The van der Waals surface area contributed by atoms with Gasteiger partial charge in [-0.05, 0) is 54.5 Å². The Morgan fingerprint density at radius 1 is 0.891 bits per heavy atom. The van der Waals surface area contributed by atoms with Crippen LogP contribution in [0.1, 0.15) is 42.4 Å². The molecule has 2 aliphatic heterocycles. The Morgan fingerprint density at radius 3 is 2.28 bits per heavy atom. The number of halogens is 2. The summed E-state index contributed by atoms with van der Waals surface area (Å²) in [7, 11) is 1.33. The van der Waals surface area contributed by atoms with Gasteiger partial charge in [-0.25, -0.2) is 0 Å². The van der Waals surface area contributed by atoms with Gasteiger partial charge in [-0.1, -0.05) is 67.1 Å². The largest absolute Gasteiger partial charge is 0.508 e. The minimum atomic E-state index is -1.99. The summed E-state index contributed by atoms with van der Waals surface area (Å²) >= 11 is 14.5. The van der Waals surface area contributed by atoms with Gasteiger partial charge in [0.25, 0.3) is 11.8 Å². The molecule has 4 aliphatic rings. The van der Waals surface area contributed by atoms with E-state index in [0.717, 1.165) is 22.4 Å². The third-order valence-electron chi connectivity index (χ3n) is 10.2. The van der Waals surface area contributed by atoms with Crippen LogP contribution in [0, 0.1) is 17.8 Å². The van der Waals surface area contributed by atoms with Gasteiger partial charge in [0, 0.05) is 24.6 Å². The first kappa shape index (κ1) is 30.5. The molecule has 3 fully saturated rings. The van der Waals surface area contributed by atoms with Crippen LogP contribution in [0.15, 0.2) is 84.4 Å². The maximum Gasteiger partial charge on any atom is 0.253 e. The monoisotopic (exact) mass is 658 g/mol. The molecule has 0 bridgehead atoms. The zero-order valence-corrected chi connectivity index (χ0v) is 26.8. The third kappa shape index (κ3) is 4.26. The topological polar surface area (TPSA) is 104 Å². The van der Waals surface area contributed by atoms with Gasteiger partial charge >= 0.3 is 0 Å². The molecule has 6 atom stereocenters. The van der Waals surface area contributed by atoms with Gasteiger partial charge in [0.1, 0.15) is 18.1 Å². The van der Waals surface area contributed by atoms with Crippen molar-refractivity contribution >= 4 is 52.5 Å². The number of allylic oxidation sites excluding steroid dienone is 2. The first-order valence-corrected chi connectivity index (χ1v) is 16.1. The number of hydrogen-bond donors (Lipinski definition) is 1. The minimum Gasteiger partial charge on any atom is -0.508 e. The summed E-state index contributed by atoms with van der Waals surface area (Å²) < 4.78 is 5.91. The number of carbonyl (C=O) groups is 4. The second kappa shape index (κ2) is 11.0. The molecule has 46 heavy (non-hydrogen) atoms. The van der Waals surface area contributed by atoms with E-state index in [0.29, 0.717) is 17.0 Å². The number of imide groups is 2. The van der Waals surface area contributed by atoms with E-state index in [1.54, 1.807) is 24.3 Å². The summed E-state index contributed by atoms with van der Waals surface area (Å²) in [5.74, 6) is -5.07. The Morgan fingerprint density at radius 2 is 1.61 bits per heavy atom. The highest BCUT2D eigenvalue weighted by Crippen LogP contribution is 2.66. The number of alkyl halides is 2. The molecular formula is C36H32Cl2N2O6. The van der Waals surface area contributed by atoms with Gasteiger partial charge < -0.3 is 9.84 Å². The summed E-state index contributed by atoms with van der Waals surface area (Å²) in [4.78, 5) is 53.7. The van der Waals surface area contributed by atoms with Crippen molar-refractivity contribution < 1.29 is 29.0 Å². The number of hydrogen-bond acceptors (Lipinski definition) is 6. The lowest BCUT2D eigenvalue weighted by molar-refractivity contribution is -0.138. The minimum absolute atomic E-state index is 0.114. The maximum atomic E-state index is 14.2. The summed E-state index contributed by atoms with van der Waals surface area (Å²) in [6.07, 6.45) is 2.79. The van der Waals surface area contributed by atoms with Crippen LogP contribution in [-0.4, -0.2) is 50.4 Å². The molecule has 1 saturated carbocycles. The first-order chi connectivity index (χ1) is 22.0. The lowest BCUT2D eigenvalue weighted by Gasteiger charge is -2.50. The number of phenolic OH excluding ortho intramolecular Hbond substituents is 1. The summed E-state index contributed by atoms with van der Waals surface area (Å²) in [5.41, 5.74) is 3.40. The van der Waals surface area contributed by atoms with Crippen molar-refractivity contribution in [2.45, 2.75) is 48.5 Å². The van der Waals surface area contributed by atoms with Crippen molar-refractivity contribution in [2.24, 2.45) is 17.8 Å². The van der Waals surface area contributed by atoms with Crippen LogP contribution in [0.5, 0.6) is 11.5 Å². The van der Waals surface area contributed by atoms with E-state index in [2.05, 4.69) is 0 Å². The Bertz CT molecular complexity index is 1810. The summed E-state index contributed by atoms with van der Waals surface area (Å²) in [6.45, 7) is 2.30. The van der Waals surface area contributed by atoms with E-state index in [1.165, 1.54) is 18.0 Å². The van der Waals surface area contributed by atoms with Gasteiger partial charge in [0.15, 0.2) is 9.75 Å². The molecule has 2 heterocycles. The van der Waals surface area contributed by atoms with E-state index in [-0.39, 0.29) is 42.6 Å². The summed E-state index contributed by atoms with van der Waals surface area (Å²) in [5, 5.41) is 11.4. The molecular weight excluding hydrogens is 627 g/mol. The zero-order valence-electron chi connectivity index (χ0n) is 25.3. The Labute approximate surface area is 276 Å². The average Bonchev–Trinajstić information content (AvgIpc) is 3.39. The smallest absolute Gasteiger partial charge is 0.253 e. The van der Waals surface area contributed by atoms with Crippen molar-refractivity contribution in [3.05, 3.63) is 101 Å². The van der Waals surface area contributed by atoms with E-state index < -0.39 is 45.2 Å². The van der Waals surface area contributed by atoms with Gasteiger partial charge in [-0.3, -0.25) is 29.0 Å². The van der Waals surface area contributed by atoms with Crippen LogP contribution in [-0.2, 0) is 32.2 Å². The predicted molar refractivity (Wildman–Crippen MR) is 173 cm³/mol. The lowest BCUT2D eigenvalue weighted by Crippen LogP contribution is -2.60. The van der Waals surface area contributed by atoms with E-state index in [4.69, 9.17) is 27.9 Å². The number of ether oxygens (including phenoxy) is 1. The fourth-order valence-corrected chi connectivity index (χ4v) is 8.83. The highest BCUT2D eigenvalue weighted by molar-refractivity contribution is 6.53. The molecule has 3 aromatic rings. The molecule has 3 aromatic carbocycles. The molecule has 2 aliphatic carbocycles. The Kier molecular flexibility index (Phi) is 7.29. The third-order valence-corrected chi connectivity index (χ3v) is 11.6. The average molecular weight is 660 g/mol. The Hall–Kier alpha value is -4.14. The molecule has 0 spiro atoms. The molecule has 1 N–H and O–H groups in total. The molecule has 8 nitrogen and oxygen atoms in total. The van der Waals surface area contributed by atoms with Crippen LogP contribution in [0.2, 0.25) is 0 Å². The van der Waals surface area contributed by atoms with Crippen molar-refractivity contribution in [1.82, 2.24) is 4.90 Å². The van der Waals surface area contributed by atoms with Gasteiger partial charge in [0.2, 0.25) is 11.8 Å². The molecule has 4 amide bonds. The second-order valence-corrected chi connectivity index (χ2v) is 13.8. The van der Waals surface area contributed by atoms with E-state index in [1.807, 2.05) is 55.5 Å². The number of benzene rings is 3. The highest BCUT2D eigenvalue weighted by atomic mass is 35.5. The quantitative estimate of drug-likeness (QED) is 0.206. The number of carbonyl (C=O) groups excluding carboxylic acids is 4. The van der Waals surface area contributed by atoms with Gasteiger partial charge in [0.05, 0.1) is 17.5 Å². The van der Waals surface area contributed by atoms with Crippen LogP contribution in [0.4, 0.5) is 5.69 Å². The van der Waals surface area contributed by atoms with Crippen LogP contribution in [0.3, 0.4) is 0 Å². The van der Waals surface area contributed by atoms with E-state index >= 15 is 0 Å². The highest BCUT2D eigenvalue weighted by Gasteiger charge is 2.76. The maximum absolute atomic E-state index is 14.2. The number of phenols is 1. The molecule has 0 aromatic heterocycles. The number of rotatable bonds is 6. The standard InChI is InChI=1S/C36H32Cl2N2O6/c1-3-20-9-11-22(12-10-20)40-31(42)26-16-15-24-27(29(26)32(40)43)18-35(37)33(44)39(2)34(45)36(35,38)30(24)25-14-13-23(17-28(25)41)46-19-21-7-5-4-6-8-21/h4-15,17,26-27,29-30,41H,3,16,18-19H2,1-2H3. The first-order valence-electron chi connectivity index (χ1n) is 15.4. The fraction of sp³-hybridized carbons (Fsp3) is 0.333. The molecule has 10 heteroatoms. The number of amides is 4. The van der Waals surface area contributed by atoms with Crippen molar-refractivity contribution in [1.29, 1.82) is 0 Å². The van der Waals surface area contributed by atoms with Crippen molar-refractivity contribution in [3.8, 4) is 11.5 Å². The summed E-state index contributed by atoms with van der Waals surface area (Å²) in [6, 6.07) is 21.6. The van der Waals surface area contributed by atoms with Crippen molar-refractivity contribution in [2.75, 3.05) is 11.9 Å². The van der Waals surface area contributed by atoms with Crippen molar-refractivity contribution in [3.63, 3.8) is 0 Å². The van der Waals surface area contributed by atoms with Crippen LogP contribution in [0.25, 0.3) is 0 Å². The number of aryl methyl sites for hydroxylation is 1. The fourth-order valence-electron chi connectivity index (χ4n) is 7.82. The molecule has 7 rings (SSSR count). The SMILES string of the molecule is CCc1ccc(N2C(=O)C3CC=C4C(CC5(Cl)C(=O)N(C)C(=O)C5(Cl)C4c4ccc(OCc5ccccc5)cc4O)C3C2=O)cc1. The molecule has 0 radical (unpaired) electrons. The number of fused-ring (bicyclic) bond motifs is 4. The lowest BCUT2D eigenvalue weighted by atomic mass is 9.56. The van der Waals surface area contributed by atoms with Crippen LogP contribution < -0.4 is 9.64 Å². The molecule has 6 unspecified atom stereocenters. The van der Waals surface area contributed by atoms with Gasteiger partial charge in [-0.15, -0.1) is 23.2 Å². The number of nitrogens with zero attached hydrogens (tertiary/aromatic N) is 2. The zero-order chi connectivity index (χ0) is 32.5. The van der Waals surface area contributed by atoms with Crippen LogP contribution >= 0.6 is 23.2 Å². The second-order valence-electron chi connectivity index (χ2n) is 12.5. The molecule has 236 valence electrons. The van der Waals surface area contributed by atoms with Gasteiger partial charge in [-0.2, -0.15) is 0 Å². The Balaban J connectivity index is 1.29. The predicted octanol–water partition coefficient (Wildman–Crippen LogP) is 5.73. The number of aromatic hydroxyl groups is 1. The normalized spacial score (nSPS) is 30.2.